The van der Waals surface area contributed by atoms with Crippen molar-refractivity contribution in [3.63, 3.8) is 0 Å². The van der Waals surface area contributed by atoms with Crippen molar-refractivity contribution in [3.8, 4) is 5.75 Å². The van der Waals surface area contributed by atoms with Crippen LogP contribution in [0.5, 0.6) is 5.75 Å². The molecule has 6 rings (SSSR count). The smallest absolute Gasteiger partial charge is 0.405 e. The molecule has 2 aliphatic heterocycles. The number of nitrogens with one attached hydrogen (secondary N) is 1. The van der Waals surface area contributed by atoms with Gasteiger partial charge in [-0.3, -0.25) is 4.79 Å². The summed E-state index contributed by atoms with van der Waals surface area (Å²) >= 11 is 0. The first-order chi connectivity index (χ1) is 14.9. The molecule has 8 heteroatoms. The normalized spacial score (nSPS) is 32.5. The molecule has 1 aromatic heterocycles. The molecule has 3 heterocycles. The topological polar surface area (TPSA) is 65.6 Å². The van der Waals surface area contributed by atoms with Gasteiger partial charge in [-0.05, 0) is 67.6 Å². The number of ether oxygens (including phenoxy) is 1. The third-order valence-corrected chi connectivity index (χ3v) is 7.77. The third-order valence-electron chi connectivity index (χ3n) is 7.77. The second-order valence-electron chi connectivity index (χ2n) is 10.7. The van der Waals surface area contributed by atoms with Crippen LogP contribution in [-0.2, 0) is 4.79 Å². The Morgan fingerprint density at radius 3 is 2.53 bits per heavy atom. The zero-order chi connectivity index (χ0) is 23.1. The van der Waals surface area contributed by atoms with Gasteiger partial charge in [0.05, 0.1) is 5.60 Å². The van der Waals surface area contributed by atoms with Crippen molar-refractivity contribution < 1.29 is 27.8 Å². The van der Waals surface area contributed by atoms with Crippen LogP contribution in [0.2, 0.25) is 0 Å². The van der Waals surface area contributed by atoms with Crippen LogP contribution in [0, 0.1) is 12.3 Å². The number of carbonyl (C=O) groups excluding carboxylic acids is 1. The van der Waals surface area contributed by atoms with Crippen LogP contribution in [0.25, 0.3) is 10.9 Å². The summed E-state index contributed by atoms with van der Waals surface area (Å²) in [6, 6.07) is 3.40. The summed E-state index contributed by atoms with van der Waals surface area (Å²) in [5.74, 6) is -0.487. The van der Waals surface area contributed by atoms with Crippen LogP contribution in [0.4, 0.5) is 13.2 Å². The number of aromatic nitrogens is 1. The Morgan fingerprint density at radius 2 is 1.94 bits per heavy atom. The fourth-order valence-electron chi connectivity index (χ4n) is 6.94. The number of nitrogens with zero attached hydrogens (tertiary/aromatic N) is 1. The van der Waals surface area contributed by atoms with Gasteiger partial charge in [-0.15, -0.1) is 13.2 Å². The van der Waals surface area contributed by atoms with Gasteiger partial charge in [0.1, 0.15) is 5.75 Å². The molecule has 4 bridgehead atoms. The molecule has 3 unspecified atom stereocenters. The summed E-state index contributed by atoms with van der Waals surface area (Å²) < 4.78 is 43.5. The lowest BCUT2D eigenvalue weighted by atomic mass is 9.54. The predicted octanol–water partition coefficient (Wildman–Crippen LogP) is 5.16. The molecule has 2 saturated carbocycles. The van der Waals surface area contributed by atoms with E-state index in [1.807, 2.05) is 11.8 Å². The van der Waals surface area contributed by atoms with Crippen LogP contribution in [0.15, 0.2) is 18.3 Å². The van der Waals surface area contributed by atoms with Gasteiger partial charge >= 0.3 is 6.36 Å². The van der Waals surface area contributed by atoms with Gasteiger partial charge in [0.25, 0.3) is 0 Å². The highest BCUT2D eigenvalue weighted by atomic mass is 19.4. The number of hydrogen-bond acceptors (Lipinski definition) is 3. The maximum Gasteiger partial charge on any atom is 0.573 e. The molecule has 2 saturated heterocycles. The van der Waals surface area contributed by atoms with E-state index in [1.165, 1.54) is 0 Å². The number of alkyl halides is 3. The molecule has 0 spiro atoms. The van der Waals surface area contributed by atoms with Gasteiger partial charge in [0.15, 0.2) is 0 Å². The number of amides is 1. The third kappa shape index (κ3) is 3.56. The number of aromatic amines is 1. The first kappa shape index (κ1) is 21.6. The molecular weight excluding hydrogens is 421 g/mol. The summed E-state index contributed by atoms with van der Waals surface area (Å²) in [5.41, 5.74) is 1.00. The van der Waals surface area contributed by atoms with Crippen molar-refractivity contribution in [1.29, 1.82) is 0 Å². The van der Waals surface area contributed by atoms with E-state index < -0.39 is 12.0 Å². The van der Waals surface area contributed by atoms with Crippen LogP contribution in [0.3, 0.4) is 0 Å². The highest BCUT2D eigenvalue weighted by Crippen LogP contribution is 2.57. The fraction of sp³-hybridized carbons (Fsp3) is 0.625. The van der Waals surface area contributed by atoms with Crippen LogP contribution >= 0.6 is 0 Å². The summed E-state index contributed by atoms with van der Waals surface area (Å²) in [6.45, 7) is 5.65. The largest absolute Gasteiger partial charge is 0.573 e. The van der Waals surface area contributed by atoms with E-state index in [9.17, 15) is 23.1 Å². The number of rotatable bonds is 4. The molecule has 1 aromatic carbocycles. The highest BCUT2D eigenvalue weighted by Gasteiger charge is 2.59. The summed E-state index contributed by atoms with van der Waals surface area (Å²) in [6.07, 6.45) is 0.945. The van der Waals surface area contributed by atoms with E-state index in [0.29, 0.717) is 34.9 Å². The molecular formula is C24H29F3N2O3. The van der Waals surface area contributed by atoms with Crippen molar-refractivity contribution in [2.75, 3.05) is 0 Å². The van der Waals surface area contributed by atoms with E-state index in [0.717, 1.165) is 19.3 Å². The van der Waals surface area contributed by atoms with Gasteiger partial charge in [0, 0.05) is 35.6 Å². The van der Waals surface area contributed by atoms with Crippen LogP contribution < -0.4 is 4.74 Å². The van der Waals surface area contributed by atoms with E-state index >= 15 is 0 Å². The van der Waals surface area contributed by atoms with Crippen molar-refractivity contribution in [2.24, 2.45) is 5.41 Å². The number of piperidine rings is 2. The van der Waals surface area contributed by atoms with Gasteiger partial charge < -0.3 is 19.7 Å². The van der Waals surface area contributed by atoms with Crippen molar-refractivity contribution in [1.82, 2.24) is 9.88 Å². The number of carbonyl (C=O) groups is 1. The van der Waals surface area contributed by atoms with Gasteiger partial charge in [-0.1, -0.05) is 19.9 Å². The van der Waals surface area contributed by atoms with Gasteiger partial charge in [-0.25, -0.2) is 0 Å². The van der Waals surface area contributed by atoms with Crippen molar-refractivity contribution >= 4 is 16.8 Å². The lowest BCUT2D eigenvalue weighted by molar-refractivity contribution is -0.274. The summed E-state index contributed by atoms with van der Waals surface area (Å²) in [5, 5.41) is 11.3. The zero-order valence-electron chi connectivity index (χ0n) is 18.6. The Bertz CT molecular complexity index is 1040. The molecule has 5 nitrogen and oxygen atoms in total. The molecule has 4 fully saturated rings. The predicted molar refractivity (Wildman–Crippen MR) is 113 cm³/mol. The zero-order valence-corrected chi connectivity index (χ0v) is 18.6. The lowest BCUT2D eigenvalue weighted by Gasteiger charge is -2.63. The Hall–Kier alpha value is -2.22. The van der Waals surface area contributed by atoms with Crippen LogP contribution in [-0.4, -0.2) is 44.9 Å². The SMILES string of the molecule is Cc1ccc2[nH]cc(C(C)CC(=O)N3C4CC5(C)CC3CC(O)(C4)C5)c2c1OC(F)(F)F. The number of aryl methyl sites for hydroxylation is 1. The lowest BCUT2D eigenvalue weighted by Crippen LogP contribution is -2.68. The number of fused-ring (bicyclic) bond motifs is 1. The minimum atomic E-state index is -4.80. The second-order valence-corrected chi connectivity index (χ2v) is 10.7. The average molecular weight is 451 g/mol. The number of H-pyrrole nitrogens is 1. The van der Waals surface area contributed by atoms with E-state index in [2.05, 4.69) is 16.6 Å². The molecule has 0 radical (unpaired) electrons. The van der Waals surface area contributed by atoms with E-state index in [1.54, 1.807) is 25.3 Å². The number of aliphatic hydroxyl groups is 1. The molecule has 2 aliphatic carbocycles. The first-order valence-corrected chi connectivity index (χ1v) is 11.3. The number of halogens is 3. The van der Waals surface area contributed by atoms with E-state index in [4.69, 9.17) is 0 Å². The maximum atomic E-state index is 13.4. The van der Waals surface area contributed by atoms with Crippen molar-refractivity contribution in [2.45, 2.75) is 89.3 Å². The minimum Gasteiger partial charge on any atom is -0.405 e. The summed E-state index contributed by atoms with van der Waals surface area (Å²) in [7, 11) is 0. The minimum absolute atomic E-state index is 0.0128. The highest BCUT2D eigenvalue weighted by molar-refractivity contribution is 5.91. The molecule has 2 aromatic rings. The Labute approximate surface area is 184 Å². The molecule has 32 heavy (non-hydrogen) atoms. The maximum absolute atomic E-state index is 13.4. The number of hydrogen-bond donors (Lipinski definition) is 2. The van der Waals surface area contributed by atoms with Crippen LogP contribution in [0.1, 0.15) is 69.4 Å². The first-order valence-electron chi connectivity index (χ1n) is 11.3. The fourth-order valence-corrected chi connectivity index (χ4v) is 6.94. The van der Waals surface area contributed by atoms with E-state index in [-0.39, 0.29) is 41.5 Å². The molecule has 3 atom stereocenters. The molecule has 4 aliphatic rings. The van der Waals surface area contributed by atoms with Gasteiger partial charge in [0.2, 0.25) is 5.91 Å². The Morgan fingerprint density at radius 1 is 1.28 bits per heavy atom. The van der Waals surface area contributed by atoms with Crippen molar-refractivity contribution in [3.05, 3.63) is 29.5 Å². The number of benzene rings is 1. The standard InChI is InChI=1S/C24H29F3N2O3/c1-13-4-5-18-20(21(13)32-24(25,26)27)17(11-28-18)14(2)6-19(30)29-15-7-22(3)8-16(29)10-23(31,9-15)12-22/h4-5,11,14-16,28,31H,6-10,12H2,1-3H3. The second kappa shape index (κ2) is 6.89. The summed E-state index contributed by atoms with van der Waals surface area (Å²) in [4.78, 5) is 18.4. The van der Waals surface area contributed by atoms with Gasteiger partial charge in [-0.2, -0.15) is 0 Å². The molecule has 1 amide bonds. The quantitative estimate of drug-likeness (QED) is 0.676. The molecule has 2 N–H and O–H groups in total. The Kier molecular flexibility index (Phi) is 4.65. The monoisotopic (exact) mass is 450 g/mol. The average Bonchev–Trinajstić information content (AvgIpc) is 3.05. The molecule has 174 valence electrons. The Balaban J connectivity index is 1.41.